The molecule has 1 N–H and O–H groups in total. The molecule has 5 atom stereocenters. The quantitative estimate of drug-likeness (QED) is 0.430. The van der Waals surface area contributed by atoms with Gasteiger partial charge in [0.15, 0.2) is 24.5 Å². The van der Waals surface area contributed by atoms with Crippen LogP contribution in [0.1, 0.15) is 27.7 Å². The Morgan fingerprint density at radius 2 is 1.52 bits per heavy atom. The van der Waals surface area contributed by atoms with Crippen molar-refractivity contribution < 1.29 is 42.9 Å². The van der Waals surface area contributed by atoms with Crippen molar-refractivity contribution in [1.29, 1.82) is 0 Å². The van der Waals surface area contributed by atoms with Crippen molar-refractivity contribution in [2.24, 2.45) is 0 Å². The normalized spacial score (nSPS) is 26.1. The summed E-state index contributed by atoms with van der Waals surface area (Å²) >= 11 is 0.901. The second kappa shape index (κ2) is 10.1. The van der Waals surface area contributed by atoms with Gasteiger partial charge in [0.2, 0.25) is 5.13 Å². The van der Waals surface area contributed by atoms with Gasteiger partial charge < -0.3 is 29.0 Å². The van der Waals surface area contributed by atoms with Crippen LogP contribution < -0.4 is 5.32 Å². The second-order valence-electron chi connectivity index (χ2n) is 5.93. The van der Waals surface area contributed by atoms with Crippen LogP contribution in [0.2, 0.25) is 0 Å². The van der Waals surface area contributed by atoms with E-state index in [1.54, 1.807) is 0 Å². The molecule has 1 aliphatic rings. The summed E-state index contributed by atoms with van der Waals surface area (Å²) in [7, 11) is 0. The van der Waals surface area contributed by atoms with E-state index in [0.29, 0.717) is 0 Å². The fourth-order valence-corrected chi connectivity index (χ4v) is 3.05. The van der Waals surface area contributed by atoms with Crippen molar-refractivity contribution in [2.45, 2.75) is 58.3 Å². The molecule has 29 heavy (non-hydrogen) atoms. The third-order valence-electron chi connectivity index (χ3n) is 3.56. The molecule has 1 saturated heterocycles. The molecule has 0 radical (unpaired) electrons. The maximum atomic E-state index is 11.7. The van der Waals surface area contributed by atoms with Crippen molar-refractivity contribution in [3.05, 3.63) is 0 Å². The van der Waals surface area contributed by atoms with Crippen molar-refractivity contribution in [3.8, 4) is 0 Å². The van der Waals surface area contributed by atoms with Crippen molar-refractivity contribution in [2.75, 3.05) is 11.9 Å². The van der Waals surface area contributed by atoms with Gasteiger partial charge in [0.1, 0.15) is 12.7 Å². The molecule has 0 aromatic carbocycles. The number of nitrogens with zero attached hydrogens (tertiary/aromatic N) is 3. The van der Waals surface area contributed by atoms with E-state index in [0.717, 1.165) is 32.3 Å². The van der Waals surface area contributed by atoms with E-state index < -0.39 is 54.5 Å². The lowest BCUT2D eigenvalue weighted by molar-refractivity contribution is -0.247. The SMILES string of the molecule is CC(=O)OCC1OC(Nc2nnns2)C(OC(C)=O)C(OC(C)=O)C1OC(C)=O. The summed E-state index contributed by atoms with van der Waals surface area (Å²) in [6.07, 6.45) is -5.85. The smallest absolute Gasteiger partial charge is 0.303 e. The van der Waals surface area contributed by atoms with Crippen LogP contribution in [0.15, 0.2) is 0 Å². The van der Waals surface area contributed by atoms with Gasteiger partial charge in [0.05, 0.1) is 0 Å². The van der Waals surface area contributed by atoms with Gasteiger partial charge in [-0.05, 0) is 5.21 Å². The molecule has 1 aromatic heterocycles. The van der Waals surface area contributed by atoms with Crippen LogP contribution >= 0.6 is 11.5 Å². The highest BCUT2D eigenvalue weighted by molar-refractivity contribution is 7.09. The maximum Gasteiger partial charge on any atom is 0.303 e. The summed E-state index contributed by atoms with van der Waals surface area (Å²) in [6, 6.07) is 0. The highest BCUT2D eigenvalue weighted by Gasteiger charge is 2.52. The van der Waals surface area contributed by atoms with Crippen molar-refractivity contribution in [3.63, 3.8) is 0 Å². The third kappa shape index (κ3) is 6.60. The van der Waals surface area contributed by atoms with E-state index in [9.17, 15) is 19.2 Å². The van der Waals surface area contributed by atoms with Gasteiger partial charge in [-0.3, -0.25) is 19.2 Å². The summed E-state index contributed by atoms with van der Waals surface area (Å²) in [6.45, 7) is 4.32. The van der Waals surface area contributed by atoms with Crippen molar-refractivity contribution >= 4 is 40.5 Å². The lowest BCUT2D eigenvalue weighted by Gasteiger charge is -2.44. The molecule has 0 bridgehead atoms. The minimum atomic E-state index is -1.26. The number of esters is 4. The molecule has 2 heterocycles. The first kappa shape index (κ1) is 22.4. The molecule has 1 aromatic rings. The standard InChI is InChI=1S/C15H20N4O9S/c1-6(20)24-5-10-11(25-7(2)21)12(26-8(3)22)13(27-9(4)23)14(28-10)16-15-17-18-19-29-15/h10-14H,5H2,1-4H3,(H,16,17,19). The van der Waals surface area contributed by atoms with Gasteiger partial charge in [-0.2, -0.15) is 0 Å². The molecule has 2 rings (SSSR count). The van der Waals surface area contributed by atoms with E-state index in [1.807, 2.05) is 0 Å². The van der Waals surface area contributed by atoms with Crippen LogP contribution in [0.25, 0.3) is 0 Å². The number of aromatic nitrogens is 3. The molecular formula is C15H20N4O9S. The van der Waals surface area contributed by atoms with Gasteiger partial charge >= 0.3 is 23.9 Å². The van der Waals surface area contributed by atoms with Gasteiger partial charge in [-0.15, -0.1) is 0 Å². The number of nitrogens with one attached hydrogen (secondary N) is 1. The molecule has 1 fully saturated rings. The first-order valence-electron chi connectivity index (χ1n) is 8.39. The number of hydrogen-bond acceptors (Lipinski definition) is 14. The van der Waals surface area contributed by atoms with Crippen LogP contribution in [0.3, 0.4) is 0 Å². The minimum Gasteiger partial charge on any atom is -0.463 e. The van der Waals surface area contributed by atoms with E-state index in [2.05, 4.69) is 20.1 Å². The zero-order chi connectivity index (χ0) is 21.6. The number of carbonyl (C=O) groups excluding carboxylic acids is 4. The van der Waals surface area contributed by atoms with Gasteiger partial charge in [-0.1, -0.05) is 9.59 Å². The molecule has 1 aliphatic heterocycles. The topological polar surface area (TPSA) is 165 Å². The highest BCUT2D eigenvalue weighted by atomic mass is 32.1. The molecule has 14 heteroatoms. The third-order valence-corrected chi connectivity index (χ3v) is 4.08. The first-order valence-corrected chi connectivity index (χ1v) is 9.16. The van der Waals surface area contributed by atoms with Crippen LogP contribution in [-0.2, 0) is 42.9 Å². The van der Waals surface area contributed by atoms with E-state index in [1.165, 1.54) is 6.92 Å². The van der Waals surface area contributed by atoms with Gasteiger partial charge in [0, 0.05) is 39.2 Å². The molecular weight excluding hydrogens is 412 g/mol. The molecule has 0 amide bonds. The molecule has 13 nitrogen and oxygen atoms in total. The van der Waals surface area contributed by atoms with E-state index >= 15 is 0 Å². The first-order chi connectivity index (χ1) is 13.7. The highest BCUT2D eigenvalue weighted by Crippen LogP contribution is 2.30. The fraction of sp³-hybridized carbons (Fsp3) is 0.667. The van der Waals surface area contributed by atoms with Crippen molar-refractivity contribution in [1.82, 2.24) is 14.8 Å². The second-order valence-corrected chi connectivity index (χ2v) is 6.66. The summed E-state index contributed by atoms with van der Waals surface area (Å²) in [4.78, 5) is 46.2. The minimum absolute atomic E-state index is 0.228. The zero-order valence-corrected chi connectivity index (χ0v) is 16.8. The Balaban J connectivity index is 2.40. The Bertz CT molecular complexity index is 744. The lowest BCUT2D eigenvalue weighted by Crippen LogP contribution is -2.64. The predicted molar refractivity (Wildman–Crippen MR) is 93.3 cm³/mol. The Morgan fingerprint density at radius 1 is 0.931 bits per heavy atom. The maximum absolute atomic E-state index is 11.7. The predicted octanol–water partition coefficient (Wildman–Crippen LogP) is -0.572. The van der Waals surface area contributed by atoms with Gasteiger partial charge in [0.25, 0.3) is 0 Å². The molecule has 0 spiro atoms. The van der Waals surface area contributed by atoms with E-state index in [-0.39, 0.29) is 11.7 Å². The molecule has 5 unspecified atom stereocenters. The molecule has 0 aliphatic carbocycles. The lowest BCUT2D eigenvalue weighted by atomic mass is 9.97. The number of anilines is 1. The van der Waals surface area contributed by atoms with Crippen LogP contribution in [-0.4, -0.2) is 75.9 Å². The van der Waals surface area contributed by atoms with Crippen LogP contribution in [0.4, 0.5) is 5.13 Å². The zero-order valence-electron chi connectivity index (χ0n) is 16.0. The monoisotopic (exact) mass is 432 g/mol. The average molecular weight is 432 g/mol. The number of hydrogen-bond donors (Lipinski definition) is 1. The number of rotatable bonds is 7. The Labute approximate surface area is 169 Å². The van der Waals surface area contributed by atoms with E-state index in [4.69, 9.17) is 23.7 Å². The average Bonchev–Trinajstić information content (AvgIpc) is 3.10. The van der Waals surface area contributed by atoms with Crippen LogP contribution in [0, 0.1) is 0 Å². The summed E-state index contributed by atoms with van der Waals surface area (Å²) in [5, 5.41) is 10.2. The Hall–Kier alpha value is -2.87. The summed E-state index contributed by atoms with van der Waals surface area (Å²) in [5.74, 6) is -2.71. The molecule has 0 saturated carbocycles. The fourth-order valence-electron chi connectivity index (χ4n) is 2.66. The number of carbonyl (C=O) groups is 4. The van der Waals surface area contributed by atoms with Crippen LogP contribution in [0.5, 0.6) is 0 Å². The number of ether oxygens (including phenoxy) is 5. The summed E-state index contributed by atoms with van der Waals surface area (Å²) < 4.78 is 30.3. The molecule has 160 valence electrons. The Morgan fingerprint density at radius 3 is 2.03 bits per heavy atom. The Kier molecular flexibility index (Phi) is 7.78. The largest absolute Gasteiger partial charge is 0.463 e. The summed E-state index contributed by atoms with van der Waals surface area (Å²) in [5.41, 5.74) is 0. The van der Waals surface area contributed by atoms with Gasteiger partial charge in [-0.25, -0.2) is 0 Å².